The van der Waals surface area contributed by atoms with Crippen molar-refractivity contribution in [3.8, 4) is 11.5 Å². The predicted octanol–water partition coefficient (Wildman–Crippen LogP) is 0.786. The van der Waals surface area contributed by atoms with E-state index in [4.69, 9.17) is 21.7 Å². The number of rotatable bonds is 5. The van der Waals surface area contributed by atoms with Gasteiger partial charge < -0.3 is 9.47 Å². The summed E-state index contributed by atoms with van der Waals surface area (Å²) in [6.07, 6.45) is 4.39. The highest BCUT2D eigenvalue weighted by Crippen LogP contribution is 2.27. The van der Waals surface area contributed by atoms with Gasteiger partial charge in [0.2, 0.25) is 5.91 Å². The van der Waals surface area contributed by atoms with Crippen molar-refractivity contribution in [2.24, 2.45) is 7.05 Å². The number of thiocarbonyl (C=S) groups is 1. The monoisotopic (exact) mass is 389 g/mol. The zero-order valence-electron chi connectivity index (χ0n) is 15.0. The van der Waals surface area contributed by atoms with Gasteiger partial charge in [0.25, 0.3) is 5.91 Å². The summed E-state index contributed by atoms with van der Waals surface area (Å²) in [7, 11) is 4.71. The third-order valence-corrected chi connectivity index (χ3v) is 3.62. The molecule has 0 aliphatic heterocycles. The number of aryl methyl sites for hydroxylation is 1. The first-order valence-corrected chi connectivity index (χ1v) is 8.15. The van der Waals surface area contributed by atoms with Crippen LogP contribution in [0.2, 0.25) is 0 Å². The van der Waals surface area contributed by atoms with Gasteiger partial charge in [-0.15, -0.1) is 0 Å². The van der Waals surface area contributed by atoms with E-state index in [2.05, 4.69) is 21.3 Å². The van der Waals surface area contributed by atoms with E-state index >= 15 is 0 Å². The van der Waals surface area contributed by atoms with Crippen LogP contribution in [0.15, 0.2) is 36.5 Å². The highest BCUT2D eigenvalue weighted by atomic mass is 32.1. The lowest BCUT2D eigenvalue weighted by Crippen LogP contribution is -2.48. The summed E-state index contributed by atoms with van der Waals surface area (Å²) >= 11 is 4.96. The number of carbonyl (C=O) groups excluding carboxylic acids is 2. The average Bonchev–Trinajstić information content (AvgIpc) is 3.10. The van der Waals surface area contributed by atoms with Crippen LogP contribution in [0.1, 0.15) is 16.1 Å². The van der Waals surface area contributed by atoms with Crippen molar-refractivity contribution >= 4 is 35.2 Å². The molecule has 0 aliphatic rings. The molecule has 27 heavy (non-hydrogen) atoms. The molecule has 9 nitrogen and oxygen atoms in total. The van der Waals surface area contributed by atoms with Crippen molar-refractivity contribution in [3.63, 3.8) is 0 Å². The molecule has 0 radical (unpaired) electrons. The first-order valence-electron chi connectivity index (χ1n) is 7.74. The molecule has 1 aromatic heterocycles. The molecule has 0 spiro atoms. The molecule has 1 aromatic carbocycles. The van der Waals surface area contributed by atoms with Gasteiger partial charge in [-0.25, -0.2) is 0 Å². The first-order chi connectivity index (χ1) is 12.9. The minimum atomic E-state index is -0.461. The lowest BCUT2D eigenvalue weighted by molar-refractivity contribution is -0.115. The SMILES string of the molecule is COc1ccc(/C=C/C(=O)NC(=S)NNC(=O)c2ccnn2C)cc1OC. The highest BCUT2D eigenvalue weighted by Gasteiger charge is 2.10. The fraction of sp³-hybridized carbons (Fsp3) is 0.176. The Labute approximate surface area is 161 Å². The predicted molar refractivity (Wildman–Crippen MR) is 103 cm³/mol. The minimum absolute atomic E-state index is 0.0486. The first kappa shape index (κ1) is 19.9. The molecule has 0 atom stereocenters. The summed E-state index contributed by atoms with van der Waals surface area (Å²) in [5.41, 5.74) is 5.90. The molecule has 2 rings (SSSR count). The zero-order valence-corrected chi connectivity index (χ0v) is 15.8. The standard InChI is InChI=1S/C17H19N5O4S/c1-22-12(8-9-18-22)16(24)20-21-17(27)19-15(23)7-5-11-4-6-13(25-2)14(10-11)26-3/h4-10H,1-3H3,(H,20,24)(H2,19,21,23,27)/b7-5+. The normalized spacial score (nSPS) is 10.3. The van der Waals surface area contributed by atoms with Gasteiger partial charge in [-0.3, -0.25) is 30.4 Å². The van der Waals surface area contributed by atoms with Gasteiger partial charge in [0.05, 0.1) is 14.2 Å². The summed E-state index contributed by atoms with van der Waals surface area (Å²) in [5.74, 6) is 0.244. The van der Waals surface area contributed by atoms with Crippen LogP contribution in [0.3, 0.4) is 0 Å². The molecule has 2 amide bonds. The van der Waals surface area contributed by atoms with E-state index in [1.807, 2.05) is 0 Å². The number of hydrazine groups is 1. The Morgan fingerprint density at radius 1 is 1.15 bits per heavy atom. The van der Waals surface area contributed by atoms with Crippen molar-refractivity contribution in [2.45, 2.75) is 0 Å². The summed E-state index contributed by atoms with van der Waals surface area (Å²) < 4.78 is 11.8. The number of nitrogens with zero attached hydrogens (tertiary/aromatic N) is 2. The molecule has 0 bridgehead atoms. The van der Waals surface area contributed by atoms with E-state index in [9.17, 15) is 9.59 Å². The summed E-state index contributed by atoms with van der Waals surface area (Å²) in [6.45, 7) is 0. The lowest BCUT2D eigenvalue weighted by Gasteiger charge is -2.09. The topological polar surface area (TPSA) is 107 Å². The van der Waals surface area contributed by atoms with Gasteiger partial charge in [-0.05, 0) is 42.1 Å². The number of benzene rings is 1. The molecule has 1 heterocycles. The molecule has 2 aromatic rings. The molecule has 0 fully saturated rings. The molecule has 0 unspecified atom stereocenters. The smallest absolute Gasteiger partial charge is 0.287 e. The number of carbonyl (C=O) groups is 2. The molecular formula is C17H19N5O4S. The van der Waals surface area contributed by atoms with E-state index in [0.29, 0.717) is 17.2 Å². The van der Waals surface area contributed by atoms with Crippen LogP contribution in [0, 0.1) is 0 Å². The van der Waals surface area contributed by atoms with Crippen molar-refractivity contribution in [3.05, 3.63) is 47.8 Å². The Kier molecular flexibility index (Phi) is 6.89. The van der Waals surface area contributed by atoms with Crippen molar-refractivity contribution in [2.75, 3.05) is 14.2 Å². The van der Waals surface area contributed by atoms with Crippen LogP contribution in [-0.2, 0) is 11.8 Å². The van der Waals surface area contributed by atoms with Crippen LogP contribution >= 0.6 is 12.2 Å². The summed E-state index contributed by atoms with van der Waals surface area (Å²) in [4.78, 5) is 23.8. The fourth-order valence-electron chi connectivity index (χ4n) is 2.09. The maximum Gasteiger partial charge on any atom is 0.287 e. The molecule has 0 aliphatic carbocycles. The third-order valence-electron chi connectivity index (χ3n) is 3.41. The number of nitrogens with one attached hydrogen (secondary N) is 3. The molecule has 142 valence electrons. The Hall–Kier alpha value is -3.40. The van der Waals surface area contributed by atoms with Gasteiger partial charge in [0.1, 0.15) is 5.69 Å². The highest BCUT2D eigenvalue weighted by molar-refractivity contribution is 7.80. The second-order valence-corrected chi connectivity index (χ2v) is 5.59. The maximum atomic E-state index is 11.9. The molecule has 10 heteroatoms. The molecule has 0 saturated heterocycles. The zero-order chi connectivity index (χ0) is 19.8. The number of hydrogen-bond acceptors (Lipinski definition) is 6. The third kappa shape index (κ3) is 5.54. The number of methoxy groups -OCH3 is 2. The van der Waals surface area contributed by atoms with Crippen LogP contribution in [-0.4, -0.2) is 40.9 Å². The Balaban J connectivity index is 1.86. The molecule has 0 saturated carbocycles. The Bertz CT molecular complexity index is 878. The Morgan fingerprint density at radius 2 is 1.89 bits per heavy atom. The average molecular weight is 389 g/mol. The number of amides is 2. The summed E-state index contributed by atoms with van der Waals surface area (Å²) in [6, 6.07) is 6.78. The second kappa shape index (κ2) is 9.34. The van der Waals surface area contributed by atoms with Gasteiger partial charge >= 0.3 is 0 Å². The van der Waals surface area contributed by atoms with Crippen LogP contribution in [0.25, 0.3) is 6.08 Å². The van der Waals surface area contributed by atoms with Crippen LogP contribution in [0.5, 0.6) is 11.5 Å². The summed E-state index contributed by atoms with van der Waals surface area (Å²) in [5, 5.41) is 6.26. The van der Waals surface area contributed by atoms with E-state index in [-0.39, 0.29) is 5.11 Å². The molecular weight excluding hydrogens is 370 g/mol. The number of ether oxygens (including phenoxy) is 2. The van der Waals surface area contributed by atoms with Gasteiger partial charge in [-0.2, -0.15) is 5.10 Å². The minimum Gasteiger partial charge on any atom is -0.493 e. The van der Waals surface area contributed by atoms with E-state index in [0.717, 1.165) is 5.56 Å². The number of hydrogen-bond donors (Lipinski definition) is 3. The second-order valence-electron chi connectivity index (χ2n) is 5.19. The van der Waals surface area contributed by atoms with E-state index < -0.39 is 11.8 Å². The molecule has 3 N–H and O–H groups in total. The maximum absolute atomic E-state index is 11.9. The van der Waals surface area contributed by atoms with Crippen molar-refractivity contribution in [1.29, 1.82) is 0 Å². The van der Waals surface area contributed by atoms with E-state index in [1.165, 1.54) is 24.1 Å². The van der Waals surface area contributed by atoms with Gasteiger partial charge in [0.15, 0.2) is 16.6 Å². The van der Waals surface area contributed by atoms with Crippen LogP contribution < -0.4 is 25.6 Å². The largest absolute Gasteiger partial charge is 0.493 e. The van der Waals surface area contributed by atoms with E-state index in [1.54, 1.807) is 44.5 Å². The fourth-order valence-corrected chi connectivity index (χ4v) is 2.24. The quantitative estimate of drug-likeness (QED) is 0.394. The van der Waals surface area contributed by atoms with Crippen molar-refractivity contribution in [1.82, 2.24) is 25.9 Å². The number of aromatic nitrogens is 2. The lowest BCUT2D eigenvalue weighted by atomic mass is 10.2. The van der Waals surface area contributed by atoms with Gasteiger partial charge in [-0.1, -0.05) is 6.07 Å². The Morgan fingerprint density at radius 3 is 2.52 bits per heavy atom. The van der Waals surface area contributed by atoms with Crippen molar-refractivity contribution < 1.29 is 19.1 Å². The van der Waals surface area contributed by atoms with Gasteiger partial charge in [0, 0.05) is 19.3 Å². The van der Waals surface area contributed by atoms with Crippen LogP contribution in [0.4, 0.5) is 0 Å².